The largest absolute Gasteiger partial charge is 0.466 e. The molecule has 0 aromatic carbocycles. The molecule has 136 valence electrons. The SMILES string of the molecule is N.N.N.N.N.O=P(O)(O)O.O=P(O)(O)O.O=P(O)(O)O. The maximum Gasteiger partial charge on any atom is 0.466 e. The fraction of sp³-hybridized carbons (Fsp3) is 0. The van der Waals surface area contributed by atoms with Gasteiger partial charge >= 0.3 is 23.5 Å². The molecule has 24 N–H and O–H groups in total. The van der Waals surface area contributed by atoms with Crippen molar-refractivity contribution in [3.8, 4) is 0 Å². The van der Waals surface area contributed by atoms with E-state index in [0.717, 1.165) is 0 Å². The molecule has 0 saturated heterocycles. The molecule has 0 heterocycles. The molecule has 0 bridgehead atoms. The fourth-order valence-electron chi connectivity index (χ4n) is 0. The maximum atomic E-state index is 8.88. The van der Waals surface area contributed by atoms with Gasteiger partial charge in [-0.15, -0.1) is 0 Å². The lowest BCUT2D eigenvalue weighted by Gasteiger charge is -1.82. The predicted molar refractivity (Wildman–Crippen MR) is 67.9 cm³/mol. The normalized spacial score (nSPS) is 8.85. The van der Waals surface area contributed by atoms with Gasteiger partial charge in [0.1, 0.15) is 0 Å². The standard InChI is InChI=1S/5H3N.3H3O4P/c;;;;;3*1-5(2,3)4/h5*1H3;3*(H3,1,2,3,4). The van der Waals surface area contributed by atoms with E-state index in [0.29, 0.717) is 0 Å². The van der Waals surface area contributed by atoms with Crippen LogP contribution in [0, 0.1) is 0 Å². The van der Waals surface area contributed by atoms with Crippen molar-refractivity contribution in [1.29, 1.82) is 0 Å². The summed E-state index contributed by atoms with van der Waals surface area (Å²) in [4.78, 5) is 64.7. The summed E-state index contributed by atoms with van der Waals surface area (Å²) in [5.41, 5.74) is 0. The van der Waals surface area contributed by atoms with E-state index in [9.17, 15) is 0 Å². The van der Waals surface area contributed by atoms with Gasteiger partial charge in [0.05, 0.1) is 0 Å². The lowest BCUT2D eigenvalue weighted by atomic mass is 14.0. The number of hydrogen-bond donors (Lipinski definition) is 14. The molecule has 0 unspecified atom stereocenters. The Morgan fingerprint density at radius 1 is 0.350 bits per heavy atom. The zero-order valence-corrected chi connectivity index (χ0v) is 12.8. The Bertz CT molecular complexity index is 213. The zero-order chi connectivity index (χ0) is 13.5. The highest BCUT2D eigenvalue weighted by Crippen LogP contribution is 2.26. The molecule has 0 radical (unpaired) electrons. The zero-order valence-electron chi connectivity index (χ0n) is 10.1. The molecule has 20 heavy (non-hydrogen) atoms. The molecular formula is H24N5O12P3. The highest BCUT2D eigenvalue weighted by molar-refractivity contribution is 7.45. The van der Waals surface area contributed by atoms with Crippen LogP contribution in [-0.4, -0.2) is 44.0 Å². The average Bonchev–Trinajstić information content (AvgIpc) is 1.41. The summed E-state index contributed by atoms with van der Waals surface area (Å²) in [6, 6.07) is 0. The van der Waals surface area contributed by atoms with Gasteiger partial charge in [0, 0.05) is 0 Å². The van der Waals surface area contributed by atoms with Crippen LogP contribution in [-0.2, 0) is 13.7 Å². The summed E-state index contributed by atoms with van der Waals surface area (Å²) in [6.07, 6.45) is 0. The van der Waals surface area contributed by atoms with E-state index in [2.05, 4.69) is 0 Å². The van der Waals surface area contributed by atoms with Crippen molar-refractivity contribution in [1.82, 2.24) is 30.8 Å². The van der Waals surface area contributed by atoms with Gasteiger partial charge in [0.15, 0.2) is 0 Å². The quantitative estimate of drug-likeness (QED) is 0.202. The van der Waals surface area contributed by atoms with Gasteiger partial charge in [-0.3, -0.25) is 0 Å². The molecule has 0 spiro atoms. The Balaban J connectivity index is -0.0000000160. The molecule has 0 fully saturated rings. The van der Waals surface area contributed by atoms with E-state index < -0.39 is 23.5 Å². The van der Waals surface area contributed by atoms with E-state index in [1.807, 2.05) is 0 Å². The van der Waals surface area contributed by atoms with Crippen LogP contribution in [0.2, 0.25) is 0 Å². The first-order valence-corrected chi connectivity index (χ1v) is 7.04. The van der Waals surface area contributed by atoms with Crippen molar-refractivity contribution in [2.24, 2.45) is 0 Å². The van der Waals surface area contributed by atoms with Gasteiger partial charge < -0.3 is 74.8 Å². The molecule has 0 aromatic heterocycles. The third-order valence-corrected chi connectivity index (χ3v) is 0. The van der Waals surface area contributed by atoms with Crippen molar-refractivity contribution in [2.45, 2.75) is 0 Å². The summed E-state index contributed by atoms with van der Waals surface area (Å²) in [5.74, 6) is 0. The average molecular weight is 379 g/mol. The number of hydrogen-bond acceptors (Lipinski definition) is 8. The van der Waals surface area contributed by atoms with Gasteiger partial charge in [-0.25, -0.2) is 13.7 Å². The minimum absolute atomic E-state index is 0. The molecule has 0 aliphatic heterocycles. The van der Waals surface area contributed by atoms with Gasteiger partial charge in [-0.2, -0.15) is 0 Å². The maximum absolute atomic E-state index is 8.88. The second-order valence-electron chi connectivity index (χ2n) is 1.54. The third kappa shape index (κ3) is 315000. The highest BCUT2D eigenvalue weighted by Gasteiger charge is 2.01. The van der Waals surface area contributed by atoms with Crippen molar-refractivity contribution in [2.75, 3.05) is 0 Å². The van der Waals surface area contributed by atoms with Crippen LogP contribution < -0.4 is 30.8 Å². The molecule has 0 rings (SSSR count). The van der Waals surface area contributed by atoms with Crippen LogP contribution in [0.15, 0.2) is 0 Å². The van der Waals surface area contributed by atoms with Crippen LogP contribution >= 0.6 is 23.5 Å². The number of phosphoric acid groups is 3. The molecule has 17 nitrogen and oxygen atoms in total. The van der Waals surface area contributed by atoms with Gasteiger partial charge in [-0.05, 0) is 0 Å². The summed E-state index contributed by atoms with van der Waals surface area (Å²) in [6.45, 7) is 0. The first kappa shape index (κ1) is 50.1. The minimum atomic E-state index is -4.64. The Morgan fingerprint density at radius 2 is 0.350 bits per heavy atom. The van der Waals surface area contributed by atoms with E-state index in [4.69, 9.17) is 57.7 Å². The molecule has 0 saturated carbocycles. The third-order valence-electron chi connectivity index (χ3n) is 0. The van der Waals surface area contributed by atoms with Crippen LogP contribution in [0.1, 0.15) is 0 Å². The van der Waals surface area contributed by atoms with Crippen molar-refractivity contribution in [3.63, 3.8) is 0 Å². The van der Waals surface area contributed by atoms with Crippen molar-refractivity contribution < 1.29 is 57.7 Å². The number of rotatable bonds is 0. The highest BCUT2D eigenvalue weighted by atomic mass is 31.2. The molecule has 0 aliphatic carbocycles. The monoisotopic (exact) mass is 379 g/mol. The van der Waals surface area contributed by atoms with Crippen LogP contribution in [0.25, 0.3) is 0 Å². The molecule has 0 aliphatic rings. The lowest BCUT2D eigenvalue weighted by Crippen LogP contribution is -1.66. The van der Waals surface area contributed by atoms with Crippen molar-refractivity contribution >= 4 is 23.5 Å². The van der Waals surface area contributed by atoms with Gasteiger partial charge in [0.25, 0.3) is 0 Å². The van der Waals surface area contributed by atoms with Gasteiger partial charge in [-0.1, -0.05) is 0 Å². The molecular weight excluding hydrogens is 355 g/mol. The first-order valence-electron chi connectivity index (χ1n) is 2.35. The topological polar surface area (TPSA) is 408 Å². The first-order chi connectivity index (χ1) is 6.00. The Morgan fingerprint density at radius 3 is 0.350 bits per heavy atom. The van der Waals surface area contributed by atoms with Crippen molar-refractivity contribution in [3.05, 3.63) is 0 Å². The van der Waals surface area contributed by atoms with E-state index in [-0.39, 0.29) is 30.8 Å². The van der Waals surface area contributed by atoms with Crippen LogP contribution in [0.4, 0.5) is 0 Å². The second kappa shape index (κ2) is 19.1. The van der Waals surface area contributed by atoms with Crippen LogP contribution in [0.3, 0.4) is 0 Å². The Kier molecular flexibility index (Phi) is 47.9. The lowest BCUT2D eigenvalue weighted by molar-refractivity contribution is 0.272. The molecule has 0 atom stereocenters. The summed E-state index contributed by atoms with van der Waals surface area (Å²) in [5, 5.41) is 0. The summed E-state index contributed by atoms with van der Waals surface area (Å²) in [7, 11) is -13.9. The van der Waals surface area contributed by atoms with E-state index >= 15 is 0 Å². The molecule has 0 aromatic rings. The van der Waals surface area contributed by atoms with Crippen LogP contribution in [0.5, 0.6) is 0 Å². The van der Waals surface area contributed by atoms with E-state index in [1.54, 1.807) is 0 Å². The predicted octanol–water partition coefficient (Wildman–Crippen LogP) is -1.98. The molecule has 0 amide bonds. The summed E-state index contributed by atoms with van der Waals surface area (Å²) >= 11 is 0. The smallest absolute Gasteiger partial charge is 0.344 e. The second-order valence-corrected chi connectivity index (χ2v) is 4.62. The summed E-state index contributed by atoms with van der Waals surface area (Å²) < 4.78 is 26.6. The fourth-order valence-corrected chi connectivity index (χ4v) is 0. The van der Waals surface area contributed by atoms with E-state index in [1.165, 1.54) is 0 Å². The molecule has 20 heteroatoms. The Labute approximate surface area is 113 Å². The van der Waals surface area contributed by atoms with Gasteiger partial charge in [0.2, 0.25) is 0 Å². The Hall–Kier alpha value is 0.130. The minimum Gasteiger partial charge on any atom is -0.344 e.